The summed E-state index contributed by atoms with van der Waals surface area (Å²) >= 11 is 0. The maximum Gasteiger partial charge on any atom is 0.237 e. The van der Waals surface area contributed by atoms with Crippen molar-refractivity contribution in [1.29, 1.82) is 5.26 Å². The van der Waals surface area contributed by atoms with Gasteiger partial charge in [0.05, 0.1) is 6.07 Å². The number of piperidine rings is 1. The third kappa shape index (κ3) is 2.35. The quantitative estimate of drug-likeness (QED) is 0.730. The average molecular weight is 223 g/mol. The molecule has 2 N–H and O–H groups in total. The van der Waals surface area contributed by atoms with Crippen LogP contribution in [0.15, 0.2) is 0 Å². The van der Waals surface area contributed by atoms with Gasteiger partial charge in [0, 0.05) is 17.1 Å². The van der Waals surface area contributed by atoms with E-state index in [0.29, 0.717) is 0 Å². The van der Waals surface area contributed by atoms with Crippen molar-refractivity contribution in [3.05, 3.63) is 0 Å². The summed E-state index contributed by atoms with van der Waals surface area (Å²) in [5, 5.41) is 8.64. The first-order valence-electron chi connectivity index (χ1n) is 5.66. The van der Waals surface area contributed by atoms with E-state index < -0.39 is 0 Å². The van der Waals surface area contributed by atoms with Crippen molar-refractivity contribution >= 4 is 5.91 Å². The first-order chi connectivity index (χ1) is 7.20. The molecule has 0 aliphatic carbocycles. The minimum atomic E-state index is -0.269. The Labute approximate surface area is 97.4 Å². The standard InChI is InChI=1S/C12H21N3O/c1-11(2)7-9(14)8-12(3,4)15(11)10(16)5-6-13/h9H,5,7-8,14H2,1-4H3. The van der Waals surface area contributed by atoms with Crippen LogP contribution in [0.5, 0.6) is 0 Å². The van der Waals surface area contributed by atoms with Gasteiger partial charge in [0.15, 0.2) is 0 Å². The number of hydrogen-bond donors (Lipinski definition) is 1. The molecule has 1 amide bonds. The number of nitrogens with two attached hydrogens (primary N) is 1. The van der Waals surface area contributed by atoms with Crippen molar-refractivity contribution in [3.8, 4) is 6.07 Å². The maximum atomic E-state index is 12.0. The summed E-state index contributed by atoms with van der Waals surface area (Å²) in [6.45, 7) is 8.07. The second kappa shape index (κ2) is 4.06. The molecule has 4 heteroatoms. The summed E-state index contributed by atoms with van der Waals surface area (Å²) in [4.78, 5) is 13.8. The molecule has 1 saturated heterocycles. The van der Waals surface area contributed by atoms with Gasteiger partial charge in [0.1, 0.15) is 6.42 Å². The molecule has 1 aliphatic rings. The lowest BCUT2D eigenvalue weighted by Crippen LogP contribution is -2.65. The molecule has 1 rings (SSSR count). The summed E-state index contributed by atoms with van der Waals surface area (Å²) in [6, 6.07) is 2.05. The molecular weight excluding hydrogens is 202 g/mol. The Morgan fingerprint density at radius 1 is 1.38 bits per heavy atom. The number of nitriles is 1. The Morgan fingerprint density at radius 2 is 1.81 bits per heavy atom. The normalized spacial score (nSPS) is 23.9. The van der Waals surface area contributed by atoms with E-state index in [1.165, 1.54) is 0 Å². The van der Waals surface area contributed by atoms with E-state index in [1.807, 2.05) is 38.7 Å². The lowest BCUT2D eigenvalue weighted by Gasteiger charge is -2.54. The molecule has 4 nitrogen and oxygen atoms in total. The number of carbonyl (C=O) groups excluding carboxylic acids is 1. The van der Waals surface area contributed by atoms with Crippen LogP contribution in [-0.4, -0.2) is 27.9 Å². The molecule has 0 aromatic heterocycles. The summed E-state index contributed by atoms with van der Waals surface area (Å²) in [7, 11) is 0. The molecule has 0 spiro atoms. The van der Waals surface area contributed by atoms with Gasteiger partial charge in [-0.25, -0.2) is 0 Å². The average Bonchev–Trinajstić information content (AvgIpc) is 1.96. The van der Waals surface area contributed by atoms with Crippen LogP contribution in [0.25, 0.3) is 0 Å². The van der Waals surface area contributed by atoms with Gasteiger partial charge in [-0.05, 0) is 40.5 Å². The molecule has 90 valence electrons. The second-order valence-electron chi connectivity index (χ2n) is 5.86. The van der Waals surface area contributed by atoms with E-state index in [2.05, 4.69) is 0 Å². The molecule has 0 aromatic rings. The number of nitrogens with zero attached hydrogens (tertiary/aromatic N) is 2. The van der Waals surface area contributed by atoms with E-state index in [1.54, 1.807) is 0 Å². The molecule has 1 aliphatic heterocycles. The highest BCUT2D eigenvalue weighted by molar-refractivity contribution is 5.80. The smallest absolute Gasteiger partial charge is 0.237 e. The van der Waals surface area contributed by atoms with Gasteiger partial charge in [-0.2, -0.15) is 5.26 Å². The zero-order chi connectivity index (χ0) is 12.6. The first kappa shape index (κ1) is 13.0. The highest BCUT2D eigenvalue weighted by Crippen LogP contribution is 2.38. The number of hydrogen-bond acceptors (Lipinski definition) is 3. The molecule has 16 heavy (non-hydrogen) atoms. The zero-order valence-electron chi connectivity index (χ0n) is 10.6. The van der Waals surface area contributed by atoms with Crippen LogP contribution in [0.3, 0.4) is 0 Å². The van der Waals surface area contributed by atoms with Crippen LogP contribution >= 0.6 is 0 Å². The maximum absolute atomic E-state index is 12.0. The lowest BCUT2D eigenvalue weighted by atomic mass is 9.77. The predicted octanol–water partition coefficient (Wildman–Crippen LogP) is 1.41. The van der Waals surface area contributed by atoms with Crippen molar-refractivity contribution < 1.29 is 4.79 Å². The predicted molar refractivity (Wildman–Crippen MR) is 62.4 cm³/mol. The van der Waals surface area contributed by atoms with Gasteiger partial charge in [0.25, 0.3) is 0 Å². The summed E-state index contributed by atoms with van der Waals surface area (Å²) in [6.07, 6.45) is 1.52. The van der Waals surface area contributed by atoms with E-state index in [9.17, 15) is 4.79 Å². The van der Waals surface area contributed by atoms with Gasteiger partial charge in [-0.1, -0.05) is 0 Å². The monoisotopic (exact) mass is 223 g/mol. The van der Waals surface area contributed by atoms with Gasteiger partial charge in [0.2, 0.25) is 5.91 Å². The van der Waals surface area contributed by atoms with Crippen molar-refractivity contribution in [2.45, 2.75) is 64.1 Å². The Kier molecular flexibility index (Phi) is 3.30. The fourth-order valence-corrected chi connectivity index (χ4v) is 3.18. The number of amides is 1. The largest absolute Gasteiger partial charge is 0.331 e. The van der Waals surface area contributed by atoms with Crippen molar-refractivity contribution in [1.82, 2.24) is 4.90 Å². The fraction of sp³-hybridized carbons (Fsp3) is 0.833. The molecule has 1 fully saturated rings. The Bertz CT molecular complexity index is 310. The molecular formula is C12H21N3O. The second-order valence-corrected chi connectivity index (χ2v) is 5.86. The Balaban J connectivity index is 3.02. The number of likely N-dealkylation sites (tertiary alicyclic amines) is 1. The van der Waals surface area contributed by atoms with E-state index >= 15 is 0 Å². The highest BCUT2D eigenvalue weighted by Gasteiger charge is 2.46. The van der Waals surface area contributed by atoms with Crippen LogP contribution in [0.4, 0.5) is 0 Å². The van der Waals surface area contributed by atoms with Crippen LogP contribution in [-0.2, 0) is 4.79 Å². The third-order valence-corrected chi connectivity index (χ3v) is 3.21. The molecule has 0 atom stereocenters. The van der Waals surface area contributed by atoms with Crippen molar-refractivity contribution in [2.75, 3.05) is 0 Å². The molecule has 1 heterocycles. The minimum absolute atomic E-state index is 0.0535. The van der Waals surface area contributed by atoms with Crippen LogP contribution < -0.4 is 5.73 Å². The summed E-state index contributed by atoms with van der Waals surface area (Å²) < 4.78 is 0. The van der Waals surface area contributed by atoms with Gasteiger partial charge in [-0.15, -0.1) is 0 Å². The first-order valence-corrected chi connectivity index (χ1v) is 5.66. The number of rotatable bonds is 1. The van der Waals surface area contributed by atoms with E-state index in [-0.39, 0.29) is 29.4 Å². The van der Waals surface area contributed by atoms with Gasteiger partial charge >= 0.3 is 0 Å². The SMILES string of the molecule is CC1(C)CC(N)CC(C)(C)N1C(=O)CC#N. The van der Waals surface area contributed by atoms with E-state index in [0.717, 1.165) is 12.8 Å². The van der Waals surface area contributed by atoms with Gasteiger partial charge < -0.3 is 10.6 Å². The van der Waals surface area contributed by atoms with Crippen LogP contribution in [0.2, 0.25) is 0 Å². The summed E-state index contributed by atoms with van der Waals surface area (Å²) in [5.74, 6) is -0.0931. The van der Waals surface area contributed by atoms with E-state index in [4.69, 9.17) is 11.0 Å². The fourth-order valence-electron chi connectivity index (χ4n) is 3.18. The highest BCUT2D eigenvalue weighted by atomic mass is 16.2. The van der Waals surface area contributed by atoms with Crippen molar-refractivity contribution in [2.24, 2.45) is 5.73 Å². The minimum Gasteiger partial charge on any atom is -0.331 e. The zero-order valence-corrected chi connectivity index (χ0v) is 10.6. The Morgan fingerprint density at radius 3 is 2.19 bits per heavy atom. The van der Waals surface area contributed by atoms with Crippen LogP contribution in [0, 0.1) is 11.3 Å². The Hall–Kier alpha value is -1.08. The van der Waals surface area contributed by atoms with Crippen LogP contribution in [0.1, 0.15) is 47.0 Å². The lowest BCUT2D eigenvalue weighted by molar-refractivity contribution is -0.148. The molecule has 0 saturated carbocycles. The molecule has 0 bridgehead atoms. The third-order valence-electron chi connectivity index (χ3n) is 3.21. The molecule has 0 unspecified atom stereocenters. The molecule has 0 radical (unpaired) electrons. The van der Waals surface area contributed by atoms with Crippen molar-refractivity contribution in [3.63, 3.8) is 0 Å². The summed E-state index contributed by atoms with van der Waals surface area (Å²) in [5.41, 5.74) is 5.48. The topological polar surface area (TPSA) is 70.1 Å². The molecule has 0 aromatic carbocycles. The number of carbonyl (C=O) groups is 1. The van der Waals surface area contributed by atoms with Gasteiger partial charge in [-0.3, -0.25) is 4.79 Å².